The number of hydrogen-bond acceptors (Lipinski definition) is 4. The molecule has 0 spiro atoms. The third kappa shape index (κ3) is 3.31. The molecule has 3 rings (SSSR count). The van der Waals surface area contributed by atoms with Gasteiger partial charge in [-0.25, -0.2) is 4.79 Å². The van der Waals surface area contributed by atoms with E-state index in [0.717, 1.165) is 4.90 Å². The Kier molecular flexibility index (Phi) is 5.22. The molecule has 1 aliphatic rings. The second kappa shape index (κ2) is 7.29. The number of rotatable bonds is 5. The first-order valence-electron chi connectivity index (χ1n) is 8.11. The second-order valence-corrected chi connectivity index (χ2v) is 7.03. The number of nitrogens with one attached hydrogen (secondary N) is 1. The van der Waals surface area contributed by atoms with E-state index >= 15 is 0 Å². The van der Waals surface area contributed by atoms with Crippen LogP contribution in [0.3, 0.4) is 0 Å². The molecule has 1 heterocycles. The first kappa shape index (κ1) is 19.3. The number of nitrogens with zero attached hydrogens (tertiary/aromatic N) is 1. The van der Waals surface area contributed by atoms with Gasteiger partial charge in [-0.05, 0) is 36.8 Å². The molecule has 2 aromatic carbocycles. The number of methoxy groups -OCH3 is 2. The lowest BCUT2D eigenvalue weighted by molar-refractivity contribution is -0.131. The van der Waals surface area contributed by atoms with Crippen molar-refractivity contribution in [2.45, 2.75) is 19.0 Å². The van der Waals surface area contributed by atoms with Gasteiger partial charge < -0.3 is 14.8 Å². The summed E-state index contributed by atoms with van der Waals surface area (Å²) in [5.74, 6) is 0.586. The molecule has 0 unspecified atom stereocenters. The molecule has 6 nitrogen and oxygen atoms in total. The Morgan fingerprint density at radius 1 is 1.04 bits per heavy atom. The Morgan fingerprint density at radius 2 is 1.67 bits per heavy atom. The number of benzene rings is 2. The standard InChI is InChI=1S/C19H18Cl2N2O4/c1-19(11-7-8-15(26-2)16(9-11)27-3)17(24)23(18(25)22-19)10-12-13(20)5-4-6-14(12)21/h4-9H,10H2,1-3H3,(H,22,25)/t19-/m1/s1. The Labute approximate surface area is 167 Å². The molecular weight excluding hydrogens is 391 g/mol. The summed E-state index contributed by atoms with van der Waals surface area (Å²) in [6, 6.07) is 9.58. The van der Waals surface area contributed by atoms with Crippen LogP contribution in [0.5, 0.6) is 11.5 Å². The van der Waals surface area contributed by atoms with E-state index < -0.39 is 17.5 Å². The topological polar surface area (TPSA) is 67.9 Å². The van der Waals surface area contributed by atoms with Crippen molar-refractivity contribution in [3.63, 3.8) is 0 Å². The summed E-state index contributed by atoms with van der Waals surface area (Å²) in [4.78, 5) is 26.7. The molecule has 8 heteroatoms. The summed E-state index contributed by atoms with van der Waals surface area (Å²) < 4.78 is 10.5. The molecule has 1 aliphatic heterocycles. The van der Waals surface area contributed by atoms with Crippen molar-refractivity contribution >= 4 is 35.1 Å². The van der Waals surface area contributed by atoms with Crippen molar-refractivity contribution in [3.05, 3.63) is 57.6 Å². The maximum absolute atomic E-state index is 13.1. The molecule has 1 N–H and O–H groups in total. The fourth-order valence-corrected chi connectivity index (χ4v) is 3.54. The third-order valence-corrected chi connectivity index (χ3v) is 5.32. The average molecular weight is 409 g/mol. The zero-order valence-corrected chi connectivity index (χ0v) is 16.5. The number of hydrogen-bond donors (Lipinski definition) is 1. The van der Waals surface area contributed by atoms with E-state index in [1.54, 1.807) is 43.3 Å². The maximum Gasteiger partial charge on any atom is 0.325 e. The average Bonchev–Trinajstić information content (AvgIpc) is 2.87. The fraction of sp³-hybridized carbons (Fsp3) is 0.263. The first-order valence-corrected chi connectivity index (χ1v) is 8.87. The lowest BCUT2D eigenvalue weighted by atomic mass is 9.91. The monoisotopic (exact) mass is 408 g/mol. The van der Waals surface area contributed by atoms with Gasteiger partial charge in [-0.2, -0.15) is 0 Å². The Balaban J connectivity index is 1.95. The van der Waals surface area contributed by atoms with E-state index in [1.165, 1.54) is 14.2 Å². The van der Waals surface area contributed by atoms with Crippen LogP contribution in [0, 0.1) is 0 Å². The molecule has 0 radical (unpaired) electrons. The minimum atomic E-state index is -1.25. The van der Waals surface area contributed by atoms with Gasteiger partial charge in [0, 0.05) is 15.6 Å². The van der Waals surface area contributed by atoms with Crippen molar-refractivity contribution < 1.29 is 19.1 Å². The fourth-order valence-electron chi connectivity index (χ4n) is 3.02. The third-order valence-electron chi connectivity index (χ3n) is 4.61. The van der Waals surface area contributed by atoms with Gasteiger partial charge in [-0.3, -0.25) is 9.69 Å². The highest BCUT2D eigenvalue weighted by atomic mass is 35.5. The van der Waals surface area contributed by atoms with Gasteiger partial charge in [-0.15, -0.1) is 0 Å². The van der Waals surface area contributed by atoms with E-state index in [-0.39, 0.29) is 6.54 Å². The molecule has 0 saturated carbocycles. The zero-order chi connectivity index (χ0) is 19.8. The van der Waals surface area contributed by atoms with Gasteiger partial charge in [0.05, 0.1) is 20.8 Å². The molecule has 0 aromatic heterocycles. The van der Waals surface area contributed by atoms with E-state index in [1.807, 2.05) is 0 Å². The summed E-state index contributed by atoms with van der Waals surface area (Å²) >= 11 is 12.4. The van der Waals surface area contributed by atoms with Crippen molar-refractivity contribution in [3.8, 4) is 11.5 Å². The maximum atomic E-state index is 13.1. The smallest absolute Gasteiger partial charge is 0.325 e. The van der Waals surface area contributed by atoms with Crippen molar-refractivity contribution in [1.82, 2.24) is 10.2 Å². The van der Waals surface area contributed by atoms with E-state index in [9.17, 15) is 9.59 Å². The lowest BCUT2D eigenvalue weighted by Crippen LogP contribution is -2.40. The van der Waals surface area contributed by atoms with Gasteiger partial charge in [0.15, 0.2) is 11.5 Å². The molecule has 1 atom stereocenters. The van der Waals surface area contributed by atoms with Crippen LogP contribution in [0.15, 0.2) is 36.4 Å². The number of carbonyl (C=O) groups is 2. The van der Waals surface area contributed by atoms with E-state index in [0.29, 0.717) is 32.7 Å². The van der Waals surface area contributed by atoms with Crippen LogP contribution in [0.1, 0.15) is 18.1 Å². The molecular formula is C19H18Cl2N2O4. The number of amides is 3. The van der Waals surface area contributed by atoms with Gasteiger partial charge in [-0.1, -0.05) is 35.3 Å². The summed E-state index contributed by atoms with van der Waals surface area (Å²) in [7, 11) is 3.03. The predicted octanol–water partition coefficient (Wildman–Crippen LogP) is 3.98. The highest BCUT2D eigenvalue weighted by molar-refractivity contribution is 6.36. The van der Waals surface area contributed by atoms with Gasteiger partial charge >= 0.3 is 6.03 Å². The van der Waals surface area contributed by atoms with E-state index in [2.05, 4.69) is 5.32 Å². The number of imide groups is 1. The van der Waals surface area contributed by atoms with Crippen LogP contribution in [0.2, 0.25) is 10.0 Å². The first-order chi connectivity index (χ1) is 12.8. The van der Waals surface area contributed by atoms with Crippen LogP contribution in [-0.4, -0.2) is 31.1 Å². The normalized spacial score (nSPS) is 19.2. The molecule has 1 fully saturated rings. The molecule has 142 valence electrons. The highest BCUT2D eigenvalue weighted by Gasteiger charge is 2.49. The summed E-state index contributed by atoms with van der Waals surface area (Å²) in [6.45, 7) is 1.62. The zero-order valence-electron chi connectivity index (χ0n) is 15.0. The molecule has 0 aliphatic carbocycles. The highest BCUT2D eigenvalue weighted by Crippen LogP contribution is 2.36. The minimum Gasteiger partial charge on any atom is -0.493 e. The Hall–Kier alpha value is -2.44. The van der Waals surface area contributed by atoms with Crippen molar-refractivity contribution in [1.29, 1.82) is 0 Å². The number of carbonyl (C=O) groups excluding carboxylic acids is 2. The van der Waals surface area contributed by atoms with E-state index in [4.69, 9.17) is 32.7 Å². The predicted molar refractivity (Wildman–Crippen MR) is 102 cm³/mol. The molecule has 2 aromatic rings. The number of halogens is 2. The van der Waals surface area contributed by atoms with Gasteiger partial charge in [0.1, 0.15) is 5.54 Å². The van der Waals surface area contributed by atoms with Crippen molar-refractivity contribution in [2.75, 3.05) is 14.2 Å². The second-order valence-electron chi connectivity index (χ2n) is 6.22. The number of urea groups is 1. The SMILES string of the molecule is COc1ccc([C@@]2(C)NC(=O)N(Cc3c(Cl)cccc3Cl)C2=O)cc1OC. The number of ether oxygens (including phenoxy) is 2. The van der Waals surface area contributed by atoms with Crippen molar-refractivity contribution in [2.24, 2.45) is 0 Å². The Morgan fingerprint density at radius 3 is 2.26 bits per heavy atom. The van der Waals surface area contributed by atoms with Crippen LogP contribution < -0.4 is 14.8 Å². The summed E-state index contributed by atoms with van der Waals surface area (Å²) in [5, 5.41) is 3.53. The lowest BCUT2D eigenvalue weighted by Gasteiger charge is -2.23. The van der Waals surface area contributed by atoms with Crippen LogP contribution >= 0.6 is 23.2 Å². The molecule has 3 amide bonds. The van der Waals surface area contributed by atoms with Crippen LogP contribution in [0.25, 0.3) is 0 Å². The summed E-state index contributed by atoms with van der Waals surface area (Å²) in [5.41, 5.74) is -0.156. The summed E-state index contributed by atoms with van der Waals surface area (Å²) in [6.07, 6.45) is 0. The van der Waals surface area contributed by atoms with Gasteiger partial charge in [0.25, 0.3) is 5.91 Å². The quantitative estimate of drug-likeness (QED) is 0.759. The van der Waals surface area contributed by atoms with Crippen LogP contribution in [-0.2, 0) is 16.9 Å². The minimum absolute atomic E-state index is 0.0218. The molecule has 0 bridgehead atoms. The molecule has 27 heavy (non-hydrogen) atoms. The van der Waals surface area contributed by atoms with Crippen LogP contribution in [0.4, 0.5) is 4.79 Å². The largest absolute Gasteiger partial charge is 0.493 e. The Bertz CT molecular complexity index is 898. The molecule has 1 saturated heterocycles. The van der Waals surface area contributed by atoms with Gasteiger partial charge in [0.2, 0.25) is 0 Å².